The second kappa shape index (κ2) is 4.47. The minimum Gasteiger partial charge on any atom is -0.340 e. The lowest BCUT2D eigenvalue weighted by Crippen LogP contribution is -2.03. The smallest absolute Gasteiger partial charge is 0.255 e. The van der Waals surface area contributed by atoms with Gasteiger partial charge in [-0.1, -0.05) is 17.7 Å². The third-order valence-electron chi connectivity index (χ3n) is 2.68. The molecule has 0 radical (unpaired) electrons. The normalized spacial score (nSPS) is 10.9. The molecule has 0 amide bonds. The molecular formula is C12H9ClFN5. The summed E-state index contributed by atoms with van der Waals surface area (Å²) >= 11 is 5.91. The third-order valence-corrected chi connectivity index (χ3v) is 2.88. The van der Waals surface area contributed by atoms with Crippen LogP contribution in [-0.4, -0.2) is 19.6 Å². The fourth-order valence-electron chi connectivity index (χ4n) is 1.74. The van der Waals surface area contributed by atoms with Crippen molar-refractivity contribution in [3.8, 4) is 0 Å². The molecule has 0 saturated heterocycles. The van der Waals surface area contributed by atoms with Crippen LogP contribution >= 0.6 is 11.6 Å². The summed E-state index contributed by atoms with van der Waals surface area (Å²) in [7, 11) is 0. The van der Waals surface area contributed by atoms with Gasteiger partial charge in [0.2, 0.25) is 0 Å². The summed E-state index contributed by atoms with van der Waals surface area (Å²) in [6.07, 6.45) is 1.38. The Balaban J connectivity index is 2.10. The van der Waals surface area contributed by atoms with E-state index in [2.05, 4.69) is 20.4 Å². The number of nitrogens with zero attached hydrogens (tertiary/aromatic N) is 4. The van der Waals surface area contributed by atoms with Gasteiger partial charge < -0.3 is 5.32 Å². The van der Waals surface area contributed by atoms with E-state index in [1.54, 1.807) is 12.1 Å². The van der Waals surface area contributed by atoms with Crippen molar-refractivity contribution in [3.05, 3.63) is 47.1 Å². The number of nitrogens with one attached hydrogen (secondary N) is 1. The van der Waals surface area contributed by atoms with Gasteiger partial charge >= 0.3 is 0 Å². The summed E-state index contributed by atoms with van der Waals surface area (Å²) in [5.41, 5.74) is 1.54. The molecule has 3 aromatic rings. The van der Waals surface area contributed by atoms with Gasteiger partial charge in [0.15, 0.2) is 0 Å². The van der Waals surface area contributed by atoms with Crippen molar-refractivity contribution in [2.24, 2.45) is 0 Å². The fraction of sp³-hybridized carbons (Fsp3) is 0.0833. The number of fused-ring (bicyclic) bond motifs is 1. The predicted octanol–water partition coefficient (Wildman–Crippen LogP) is 2.97. The lowest BCUT2D eigenvalue weighted by Gasteiger charge is -2.10. The molecule has 96 valence electrons. The highest BCUT2D eigenvalue weighted by Crippen LogP contribution is 2.23. The number of aromatic nitrogens is 4. The Hall–Kier alpha value is -2.21. The number of benzene rings is 1. The molecular weight excluding hydrogens is 269 g/mol. The molecule has 0 saturated carbocycles. The fourth-order valence-corrected chi connectivity index (χ4v) is 1.92. The van der Waals surface area contributed by atoms with E-state index in [1.807, 2.05) is 6.92 Å². The van der Waals surface area contributed by atoms with Crippen LogP contribution in [-0.2, 0) is 0 Å². The molecule has 2 aromatic heterocycles. The lowest BCUT2D eigenvalue weighted by molar-refractivity contribution is 0.628. The third kappa shape index (κ3) is 2.22. The van der Waals surface area contributed by atoms with Crippen molar-refractivity contribution in [1.29, 1.82) is 0 Å². The number of hydrogen-bond acceptors (Lipinski definition) is 4. The first-order valence-corrected chi connectivity index (χ1v) is 5.91. The van der Waals surface area contributed by atoms with Crippen LogP contribution in [0, 0.1) is 12.7 Å². The van der Waals surface area contributed by atoms with E-state index < -0.39 is 0 Å². The summed E-state index contributed by atoms with van der Waals surface area (Å²) in [4.78, 5) is 7.98. The highest BCUT2D eigenvalue weighted by atomic mass is 35.5. The Kier molecular flexibility index (Phi) is 2.79. The molecule has 0 aliphatic carbocycles. The van der Waals surface area contributed by atoms with E-state index in [4.69, 9.17) is 11.6 Å². The zero-order chi connectivity index (χ0) is 13.4. The Morgan fingerprint density at radius 1 is 1.32 bits per heavy atom. The van der Waals surface area contributed by atoms with Gasteiger partial charge in [0.25, 0.3) is 5.78 Å². The van der Waals surface area contributed by atoms with Gasteiger partial charge in [0.05, 0.1) is 0 Å². The van der Waals surface area contributed by atoms with Gasteiger partial charge in [-0.2, -0.15) is 19.6 Å². The molecule has 19 heavy (non-hydrogen) atoms. The standard InChI is InChI=1S/C12H9ClFN5/c1-7-2-3-8(14)4-9(7)17-11-5-10(13)18-12-15-6-16-19(11)12/h2-6,17H,1H3. The van der Waals surface area contributed by atoms with Crippen LogP contribution in [0.1, 0.15) is 5.56 Å². The maximum absolute atomic E-state index is 13.3. The van der Waals surface area contributed by atoms with Crippen LogP contribution in [0.15, 0.2) is 30.6 Å². The number of anilines is 2. The molecule has 5 nitrogen and oxygen atoms in total. The van der Waals surface area contributed by atoms with Gasteiger partial charge in [0.1, 0.15) is 23.1 Å². The average Bonchev–Trinajstić information content (AvgIpc) is 2.82. The Morgan fingerprint density at radius 2 is 2.16 bits per heavy atom. The van der Waals surface area contributed by atoms with E-state index in [9.17, 15) is 4.39 Å². The van der Waals surface area contributed by atoms with Gasteiger partial charge in [-0.15, -0.1) is 0 Å². The van der Waals surface area contributed by atoms with E-state index >= 15 is 0 Å². The largest absolute Gasteiger partial charge is 0.340 e. The monoisotopic (exact) mass is 277 g/mol. The first-order chi connectivity index (χ1) is 9.13. The minimum atomic E-state index is -0.317. The van der Waals surface area contributed by atoms with Gasteiger partial charge in [-0.05, 0) is 24.6 Å². The molecule has 0 aliphatic heterocycles. The summed E-state index contributed by atoms with van der Waals surface area (Å²) in [5, 5.41) is 7.40. The number of aryl methyl sites for hydroxylation is 1. The van der Waals surface area contributed by atoms with Crippen LogP contribution < -0.4 is 5.32 Å². The van der Waals surface area contributed by atoms with E-state index in [1.165, 1.54) is 23.0 Å². The zero-order valence-electron chi connectivity index (χ0n) is 9.93. The Morgan fingerprint density at radius 3 is 3.00 bits per heavy atom. The van der Waals surface area contributed by atoms with Crippen molar-refractivity contribution in [1.82, 2.24) is 19.6 Å². The van der Waals surface area contributed by atoms with Crippen molar-refractivity contribution < 1.29 is 4.39 Å². The number of halogens is 2. The van der Waals surface area contributed by atoms with Gasteiger partial charge in [0, 0.05) is 11.8 Å². The zero-order valence-corrected chi connectivity index (χ0v) is 10.7. The summed E-state index contributed by atoms with van der Waals surface area (Å²) in [6, 6.07) is 6.12. The van der Waals surface area contributed by atoms with Crippen LogP contribution in [0.3, 0.4) is 0 Å². The summed E-state index contributed by atoms with van der Waals surface area (Å²) in [5.74, 6) is 0.633. The molecule has 0 unspecified atom stereocenters. The predicted molar refractivity (Wildman–Crippen MR) is 70.2 cm³/mol. The number of rotatable bonds is 2. The van der Waals surface area contributed by atoms with E-state index in [0.29, 0.717) is 17.3 Å². The second-order valence-corrected chi connectivity index (χ2v) is 4.41. The van der Waals surface area contributed by atoms with Gasteiger partial charge in [-0.25, -0.2) is 4.39 Å². The average molecular weight is 278 g/mol. The summed E-state index contributed by atoms with van der Waals surface area (Å²) in [6.45, 7) is 1.88. The number of hydrogen-bond donors (Lipinski definition) is 1. The quantitative estimate of drug-likeness (QED) is 0.732. The van der Waals surface area contributed by atoms with E-state index in [0.717, 1.165) is 5.56 Å². The molecule has 0 fully saturated rings. The SMILES string of the molecule is Cc1ccc(F)cc1Nc1cc(Cl)nc2ncnn12. The Bertz CT molecular complexity index is 755. The van der Waals surface area contributed by atoms with Crippen LogP contribution in [0.4, 0.5) is 15.9 Å². The highest BCUT2D eigenvalue weighted by Gasteiger charge is 2.08. The molecule has 1 aromatic carbocycles. The molecule has 0 spiro atoms. The van der Waals surface area contributed by atoms with E-state index in [-0.39, 0.29) is 11.0 Å². The minimum absolute atomic E-state index is 0.289. The lowest BCUT2D eigenvalue weighted by atomic mass is 10.2. The Labute approximate surface area is 113 Å². The molecule has 0 aliphatic rings. The molecule has 1 N–H and O–H groups in total. The topological polar surface area (TPSA) is 55.1 Å². The molecule has 0 atom stereocenters. The second-order valence-electron chi connectivity index (χ2n) is 4.02. The van der Waals surface area contributed by atoms with Crippen molar-refractivity contribution in [3.63, 3.8) is 0 Å². The van der Waals surface area contributed by atoms with Crippen LogP contribution in [0.25, 0.3) is 5.78 Å². The van der Waals surface area contributed by atoms with Crippen LogP contribution in [0.2, 0.25) is 5.15 Å². The maximum Gasteiger partial charge on any atom is 0.255 e. The summed E-state index contributed by atoms with van der Waals surface area (Å²) < 4.78 is 14.8. The molecule has 7 heteroatoms. The van der Waals surface area contributed by atoms with Crippen LogP contribution in [0.5, 0.6) is 0 Å². The molecule has 0 bridgehead atoms. The van der Waals surface area contributed by atoms with Crippen molar-refractivity contribution in [2.45, 2.75) is 6.92 Å². The van der Waals surface area contributed by atoms with Crippen molar-refractivity contribution >= 4 is 28.9 Å². The maximum atomic E-state index is 13.3. The van der Waals surface area contributed by atoms with Gasteiger partial charge in [-0.3, -0.25) is 0 Å². The molecule has 3 rings (SSSR count). The van der Waals surface area contributed by atoms with Crippen molar-refractivity contribution in [2.75, 3.05) is 5.32 Å². The highest BCUT2D eigenvalue weighted by molar-refractivity contribution is 6.29. The first-order valence-electron chi connectivity index (χ1n) is 5.53. The molecule has 2 heterocycles. The first kappa shape index (κ1) is 11.9.